The van der Waals surface area contributed by atoms with Gasteiger partial charge in [-0.05, 0) is 73.6 Å². The Hall–Kier alpha value is -2.23. The van der Waals surface area contributed by atoms with Crippen LogP contribution in [0.15, 0.2) is 42.5 Å². The van der Waals surface area contributed by atoms with Crippen molar-refractivity contribution in [1.29, 1.82) is 0 Å². The van der Waals surface area contributed by atoms with E-state index in [1.54, 1.807) is 0 Å². The minimum Gasteiger partial charge on any atom is -0.392 e. The zero-order chi connectivity index (χ0) is 18.4. The predicted molar refractivity (Wildman–Crippen MR) is 110 cm³/mol. The van der Waals surface area contributed by atoms with E-state index in [0.29, 0.717) is 0 Å². The molecule has 2 aromatic carbocycles. The number of rotatable bonds is 3. The number of likely N-dealkylation sites (tertiary alicyclic amines) is 1. The second-order valence-electron chi connectivity index (χ2n) is 8.21. The van der Waals surface area contributed by atoms with Gasteiger partial charge in [0.05, 0.1) is 17.3 Å². The van der Waals surface area contributed by atoms with Crippen LogP contribution in [0.2, 0.25) is 0 Å². The summed E-state index contributed by atoms with van der Waals surface area (Å²) in [6, 6.07) is 15.6. The average molecular weight is 358 g/mol. The first-order valence-corrected chi connectivity index (χ1v) is 10.1. The fraction of sp³-hybridized carbons (Fsp3) is 0.375. The molecule has 1 N–H and O–H groups in total. The van der Waals surface area contributed by atoms with Crippen molar-refractivity contribution in [2.75, 3.05) is 13.1 Å². The molecule has 1 saturated heterocycles. The molecule has 2 heterocycles. The number of aromatic nitrogens is 1. The molecule has 5 rings (SSSR count). The second kappa shape index (κ2) is 6.74. The van der Waals surface area contributed by atoms with Gasteiger partial charge in [-0.15, -0.1) is 0 Å². The molecule has 0 unspecified atom stereocenters. The molecule has 2 aliphatic rings. The molecule has 3 heteroatoms. The molecule has 1 aliphatic carbocycles. The number of β-amino-alcohol motifs (C(OH)–C–C–N with tert-alkyl or cyclic N) is 1. The smallest absolute Gasteiger partial charge is 0.0754 e. The number of hydrogen-bond donors (Lipinski definition) is 1. The number of hydrogen-bond acceptors (Lipinski definition) is 3. The fourth-order valence-corrected chi connectivity index (χ4v) is 4.65. The van der Waals surface area contributed by atoms with Gasteiger partial charge in [-0.1, -0.05) is 23.8 Å². The predicted octanol–water partition coefficient (Wildman–Crippen LogP) is 4.27. The van der Waals surface area contributed by atoms with Crippen molar-refractivity contribution in [1.82, 2.24) is 9.88 Å². The maximum atomic E-state index is 9.92. The summed E-state index contributed by atoms with van der Waals surface area (Å²) >= 11 is 0. The van der Waals surface area contributed by atoms with E-state index in [0.717, 1.165) is 37.3 Å². The molecule has 3 nitrogen and oxygen atoms in total. The first-order chi connectivity index (χ1) is 13.2. The Bertz CT molecular complexity index is 1010. The number of aliphatic hydroxyl groups is 1. The van der Waals surface area contributed by atoms with Crippen molar-refractivity contribution < 1.29 is 5.11 Å². The third kappa shape index (κ3) is 3.26. The van der Waals surface area contributed by atoms with E-state index in [4.69, 9.17) is 4.98 Å². The number of fused-ring (bicyclic) bond motifs is 2. The molecule has 1 aliphatic heterocycles. The van der Waals surface area contributed by atoms with E-state index in [-0.39, 0.29) is 6.10 Å². The summed E-state index contributed by atoms with van der Waals surface area (Å²) in [4.78, 5) is 7.48. The molecular weight excluding hydrogens is 332 g/mol. The average Bonchev–Trinajstić information content (AvgIpc) is 3.27. The third-order valence-electron chi connectivity index (χ3n) is 6.04. The standard InChI is InChI=1S/C24H26N2O/c1-16-4-2-7-19(10-16)24-21(14-26-9-8-22(27)15-26)12-20-11-17-5-3-6-18(17)13-23(20)25-24/h2,4,7,10-13,22,27H,3,5-6,8-9,14-15H2,1H3/t22-/m1/s1. The lowest BCUT2D eigenvalue weighted by molar-refractivity contribution is 0.175. The Morgan fingerprint density at radius 2 is 1.96 bits per heavy atom. The number of nitrogens with zero attached hydrogens (tertiary/aromatic N) is 2. The maximum Gasteiger partial charge on any atom is 0.0754 e. The summed E-state index contributed by atoms with van der Waals surface area (Å²) in [5, 5.41) is 11.2. The number of aliphatic hydroxyl groups excluding tert-OH is 1. The minimum atomic E-state index is -0.191. The van der Waals surface area contributed by atoms with Crippen LogP contribution >= 0.6 is 0 Å². The molecule has 1 fully saturated rings. The molecule has 1 atom stereocenters. The van der Waals surface area contributed by atoms with Gasteiger partial charge in [-0.2, -0.15) is 0 Å². The molecule has 138 valence electrons. The lowest BCUT2D eigenvalue weighted by Gasteiger charge is -2.19. The van der Waals surface area contributed by atoms with Gasteiger partial charge in [-0.25, -0.2) is 4.98 Å². The minimum absolute atomic E-state index is 0.191. The highest BCUT2D eigenvalue weighted by molar-refractivity contribution is 5.85. The molecule has 3 aromatic rings. The normalized spacial score (nSPS) is 19.7. The third-order valence-corrected chi connectivity index (χ3v) is 6.04. The van der Waals surface area contributed by atoms with Gasteiger partial charge in [0.25, 0.3) is 0 Å². The highest BCUT2D eigenvalue weighted by Crippen LogP contribution is 2.32. The second-order valence-corrected chi connectivity index (χ2v) is 8.21. The Morgan fingerprint density at radius 3 is 2.74 bits per heavy atom. The molecular formula is C24H26N2O. The van der Waals surface area contributed by atoms with Crippen LogP contribution in [0.5, 0.6) is 0 Å². The molecule has 27 heavy (non-hydrogen) atoms. The van der Waals surface area contributed by atoms with Crippen LogP contribution in [0.3, 0.4) is 0 Å². The summed E-state index contributed by atoms with van der Waals surface area (Å²) in [6.07, 6.45) is 4.31. The van der Waals surface area contributed by atoms with E-state index in [9.17, 15) is 5.11 Å². The monoisotopic (exact) mass is 358 g/mol. The maximum absolute atomic E-state index is 9.92. The Balaban J connectivity index is 1.64. The summed E-state index contributed by atoms with van der Waals surface area (Å²) in [5.41, 5.74) is 8.87. The van der Waals surface area contributed by atoms with Crippen molar-refractivity contribution in [3.63, 3.8) is 0 Å². The first kappa shape index (κ1) is 16.9. The van der Waals surface area contributed by atoms with Crippen LogP contribution in [-0.2, 0) is 19.4 Å². The molecule has 0 spiro atoms. The van der Waals surface area contributed by atoms with E-state index in [1.165, 1.54) is 52.5 Å². The summed E-state index contributed by atoms with van der Waals surface area (Å²) < 4.78 is 0. The van der Waals surface area contributed by atoms with Crippen molar-refractivity contribution >= 4 is 10.9 Å². The van der Waals surface area contributed by atoms with Crippen LogP contribution in [0.4, 0.5) is 0 Å². The first-order valence-electron chi connectivity index (χ1n) is 10.1. The number of pyridine rings is 1. The van der Waals surface area contributed by atoms with Crippen LogP contribution in [0, 0.1) is 6.92 Å². The summed E-state index contributed by atoms with van der Waals surface area (Å²) in [5.74, 6) is 0. The Labute approximate surface area is 160 Å². The molecule has 0 radical (unpaired) electrons. The summed E-state index contributed by atoms with van der Waals surface area (Å²) in [7, 11) is 0. The number of aryl methyl sites for hydroxylation is 3. The van der Waals surface area contributed by atoms with E-state index in [1.807, 2.05) is 0 Å². The fourth-order valence-electron chi connectivity index (χ4n) is 4.65. The van der Waals surface area contributed by atoms with E-state index >= 15 is 0 Å². The molecule has 1 aromatic heterocycles. The quantitative estimate of drug-likeness (QED) is 0.760. The lowest BCUT2D eigenvalue weighted by Crippen LogP contribution is -2.22. The van der Waals surface area contributed by atoms with E-state index in [2.05, 4.69) is 54.3 Å². The Morgan fingerprint density at radius 1 is 1.11 bits per heavy atom. The van der Waals surface area contributed by atoms with Gasteiger partial charge in [-0.3, -0.25) is 4.90 Å². The largest absolute Gasteiger partial charge is 0.392 e. The van der Waals surface area contributed by atoms with Crippen molar-refractivity contribution in [3.05, 3.63) is 64.7 Å². The van der Waals surface area contributed by atoms with Gasteiger partial charge >= 0.3 is 0 Å². The number of benzene rings is 2. The van der Waals surface area contributed by atoms with Crippen molar-refractivity contribution in [3.8, 4) is 11.3 Å². The van der Waals surface area contributed by atoms with E-state index < -0.39 is 0 Å². The van der Waals surface area contributed by atoms with Gasteiger partial charge in [0.1, 0.15) is 0 Å². The van der Waals surface area contributed by atoms with Crippen LogP contribution in [-0.4, -0.2) is 34.2 Å². The molecule has 0 amide bonds. The zero-order valence-electron chi connectivity index (χ0n) is 15.9. The topological polar surface area (TPSA) is 36.4 Å². The highest BCUT2D eigenvalue weighted by atomic mass is 16.3. The Kier molecular flexibility index (Phi) is 4.22. The highest BCUT2D eigenvalue weighted by Gasteiger charge is 2.22. The van der Waals surface area contributed by atoms with Gasteiger partial charge in [0, 0.05) is 30.6 Å². The van der Waals surface area contributed by atoms with Crippen LogP contribution in [0.1, 0.15) is 35.1 Å². The van der Waals surface area contributed by atoms with Gasteiger partial charge in [0.2, 0.25) is 0 Å². The zero-order valence-corrected chi connectivity index (χ0v) is 15.9. The van der Waals surface area contributed by atoms with Crippen LogP contribution < -0.4 is 0 Å². The molecule has 0 bridgehead atoms. The van der Waals surface area contributed by atoms with Crippen LogP contribution in [0.25, 0.3) is 22.2 Å². The SMILES string of the molecule is Cc1cccc(-c2nc3cc4c(cc3cc2CN2CC[C@@H](O)C2)CCC4)c1. The van der Waals surface area contributed by atoms with Gasteiger partial charge in [0.15, 0.2) is 0 Å². The van der Waals surface area contributed by atoms with Crippen molar-refractivity contribution in [2.45, 2.75) is 45.3 Å². The summed E-state index contributed by atoms with van der Waals surface area (Å²) in [6.45, 7) is 4.69. The van der Waals surface area contributed by atoms with Gasteiger partial charge < -0.3 is 5.11 Å². The van der Waals surface area contributed by atoms with Crippen molar-refractivity contribution in [2.24, 2.45) is 0 Å². The lowest BCUT2D eigenvalue weighted by atomic mass is 9.99. The molecule has 0 saturated carbocycles.